The van der Waals surface area contributed by atoms with Crippen molar-refractivity contribution in [3.8, 4) is 11.5 Å². The van der Waals surface area contributed by atoms with Crippen molar-refractivity contribution in [3.63, 3.8) is 0 Å². The zero-order valence-electron chi connectivity index (χ0n) is 20.2. The summed E-state index contributed by atoms with van der Waals surface area (Å²) >= 11 is 0. The molecule has 32 heavy (non-hydrogen) atoms. The Labute approximate surface area is 191 Å². The van der Waals surface area contributed by atoms with Gasteiger partial charge in [0.05, 0.1) is 19.7 Å². The largest absolute Gasteiger partial charge is 0.493 e. The highest BCUT2D eigenvalue weighted by Crippen LogP contribution is 2.35. The number of nitrogens with one attached hydrogen (secondary N) is 1. The van der Waals surface area contributed by atoms with E-state index in [1.807, 2.05) is 12.1 Å². The molecule has 0 spiro atoms. The Hall–Kier alpha value is -2.32. The van der Waals surface area contributed by atoms with E-state index in [2.05, 4.69) is 40.9 Å². The van der Waals surface area contributed by atoms with Crippen LogP contribution >= 0.6 is 0 Å². The summed E-state index contributed by atoms with van der Waals surface area (Å²) in [7, 11) is 5.51. The maximum absolute atomic E-state index is 5.57. The highest BCUT2D eigenvalue weighted by atomic mass is 16.5. The van der Waals surface area contributed by atoms with E-state index in [4.69, 9.17) is 19.4 Å². The SMILES string of the molecule is COc1cc2nc(N3CCCN(C)CC3)nc(NC3CCN(C(C)C)CC3)c2cc1OC. The second-order valence-corrected chi connectivity index (χ2v) is 9.29. The first-order chi connectivity index (χ1) is 15.5. The maximum Gasteiger partial charge on any atom is 0.227 e. The second-order valence-electron chi connectivity index (χ2n) is 9.29. The third kappa shape index (κ3) is 5.02. The van der Waals surface area contributed by atoms with Crippen molar-refractivity contribution in [3.05, 3.63) is 12.1 Å². The normalized spacial score (nSPS) is 19.4. The first kappa shape index (κ1) is 22.9. The van der Waals surface area contributed by atoms with Crippen LogP contribution in [0.5, 0.6) is 11.5 Å². The number of hydrogen-bond donors (Lipinski definition) is 1. The third-order valence-electron chi connectivity index (χ3n) is 6.79. The number of hydrogen-bond acceptors (Lipinski definition) is 8. The van der Waals surface area contributed by atoms with Crippen LogP contribution in [0, 0.1) is 0 Å². The maximum atomic E-state index is 5.57. The zero-order chi connectivity index (χ0) is 22.7. The average molecular weight is 443 g/mol. The molecule has 0 atom stereocenters. The number of nitrogens with zero attached hydrogens (tertiary/aromatic N) is 5. The summed E-state index contributed by atoms with van der Waals surface area (Å²) in [6, 6.07) is 4.97. The molecule has 2 aliphatic heterocycles. The van der Waals surface area contributed by atoms with Gasteiger partial charge in [0, 0.05) is 56.3 Å². The molecule has 8 heteroatoms. The van der Waals surface area contributed by atoms with Gasteiger partial charge in [-0.15, -0.1) is 0 Å². The molecular weight excluding hydrogens is 404 g/mol. The highest BCUT2D eigenvalue weighted by Gasteiger charge is 2.24. The molecule has 0 bridgehead atoms. The Morgan fingerprint density at radius 3 is 2.34 bits per heavy atom. The summed E-state index contributed by atoms with van der Waals surface area (Å²) < 4.78 is 11.1. The van der Waals surface area contributed by atoms with Gasteiger partial charge in [0.1, 0.15) is 5.82 Å². The van der Waals surface area contributed by atoms with Crippen molar-refractivity contribution in [1.29, 1.82) is 0 Å². The third-order valence-corrected chi connectivity index (χ3v) is 6.79. The number of likely N-dealkylation sites (tertiary alicyclic amines) is 1. The fourth-order valence-corrected chi connectivity index (χ4v) is 4.69. The Morgan fingerprint density at radius 1 is 0.938 bits per heavy atom. The molecule has 0 aliphatic carbocycles. The topological polar surface area (TPSA) is 66.0 Å². The van der Waals surface area contributed by atoms with Crippen LogP contribution in [0.25, 0.3) is 10.9 Å². The van der Waals surface area contributed by atoms with E-state index in [1.54, 1.807) is 14.2 Å². The van der Waals surface area contributed by atoms with Gasteiger partial charge in [0.15, 0.2) is 11.5 Å². The van der Waals surface area contributed by atoms with E-state index in [1.165, 1.54) is 0 Å². The summed E-state index contributed by atoms with van der Waals surface area (Å²) in [6.45, 7) is 10.8. The van der Waals surface area contributed by atoms with Gasteiger partial charge in [-0.1, -0.05) is 0 Å². The fraction of sp³-hybridized carbons (Fsp3) is 0.667. The highest BCUT2D eigenvalue weighted by molar-refractivity contribution is 5.93. The molecule has 2 aliphatic rings. The lowest BCUT2D eigenvalue weighted by molar-refractivity contribution is 0.177. The minimum absolute atomic E-state index is 0.402. The number of fused-ring (bicyclic) bond motifs is 1. The van der Waals surface area contributed by atoms with E-state index < -0.39 is 0 Å². The Bertz CT molecular complexity index is 913. The molecule has 0 radical (unpaired) electrons. The zero-order valence-corrected chi connectivity index (χ0v) is 20.2. The molecule has 2 aromatic rings. The quantitative estimate of drug-likeness (QED) is 0.732. The van der Waals surface area contributed by atoms with Crippen LogP contribution in [0.4, 0.5) is 11.8 Å². The first-order valence-corrected chi connectivity index (χ1v) is 11.9. The minimum atomic E-state index is 0.402. The molecule has 3 heterocycles. The summed E-state index contributed by atoms with van der Waals surface area (Å²) in [5.41, 5.74) is 0.882. The molecule has 0 unspecified atom stereocenters. The van der Waals surface area contributed by atoms with Gasteiger partial charge in [-0.3, -0.25) is 0 Å². The van der Waals surface area contributed by atoms with E-state index >= 15 is 0 Å². The molecule has 0 saturated carbocycles. The van der Waals surface area contributed by atoms with E-state index in [9.17, 15) is 0 Å². The van der Waals surface area contributed by atoms with Crippen molar-refractivity contribution >= 4 is 22.7 Å². The van der Waals surface area contributed by atoms with Crippen LogP contribution in [0.3, 0.4) is 0 Å². The molecule has 2 saturated heterocycles. The molecule has 8 nitrogen and oxygen atoms in total. The van der Waals surface area contributed by atoms with Gasteiger partial charge in [0.25, 0.3) is 0 Å². The van der Waals surface area contributed by atoms with Crippen LogP contribution in [-0.2, 0) is 0 Å². The van der Waals surface area contributed by atoms with Crippen LogP contribution in [0.2, 0.25) is 0 Å². The summed E-state index contributed by atoms with van der Waals surface area (Å²) in [5, 5.41) is 4.74. The van der Waals surface area contributed by atoms with Gasteiger partial charge < -0.3 is 29.5 Å². The second kappa shape index (κ2) is 10.1. The number of methoxy groups -OCH3 is 2. The van der Waals surface area contributed by atoms with E-state index in [-0.39, 0.29) is 0 Å². The van der Waals surface area contributed by atoms with Gasteiger partial charge in [0.2, 0.25) is 5.95 Å². The number of piperidine rings is 1. The smallest absolute Gasteiger partial charge is 0.227 e. The number of rotatable bonds is 6. The van der Waals surface area contributed by atoms with Gasteiger partial charge in [-0.2, -0.15) is 4.98 Å². The Morgan fingerprint density at radius 2 is 1.66 bits per heavy atom. The summed E-state index contributed by atoms with van der Waals surface area (Å²) in [6.07, 6.45) is 3.34. The predicted molar refractivity (Wildman–Crippen MR) is 130 cm³/mol. The number of aromatic nitrogens is 2. The van der Waals surface area contributed by atoms with Crippen molar-refractivity contribution in [2.75, 3.05) is 70.8 Å². The van der Waals surface area contributed by atoms with Crippen LogP contribution in [-0.4, -0.2) is 92.4 Å². The summed E-state index contributed by atoms with van der Waals surface area (Å²) in [4.78, 5) is 17.2. The number of anilines is 2. The van der Waals surface area contributed by atoms with Crippen molar-refractivity contribution in [2.24, 2.45) is 0 Å². The van der Waals surface area contributed by atoms with E-state index in [0.717, 1.165) is 81.2 Å². The number of ether oxygens (including phenoxy) is 2. The van der Waals surface area contributed by atoms with Crippen molar-refractivity contribution in [2.45, 2.75) is 45.2 Å². The average Bonchev–Trinajstić information content (AvgIpc) is 3.02. The molecule has 2 fully saturated rings. The lowest BCUT2D eigenvalue weighted by atomic mass is 10.0. The first-order valence-electron chi connectivity index (χ1n) is 11.9. The van der Waals surface area contributed by atoms with Gasteiger partial charge in [-0.25, -0.2) is 4.98 Å². The Kier molecular flexibility index (Phi) is 7.20. The molecule has 4 rings (SSSR count). The van der Waals surface area contributed by atoms with Crippen molar-refractivity contribution < 1.29 is 9.47 Å². The standard InChI is InChI=1S/C24H38N6O2/c1-17(2)29-11-7-18(8-12-29)25-23-19-15-21(31-4)22(32-5)16-20(19)26-24(27-23)30-10-6-9-28(3)13-14-30/h15-18H,6-14H2,1-5H3,(H,25,26,27). The monoisotopic (exact) mass is 442 g/mol. The number of likely N-dealkylation sites (N-methyl/N-ethyl adjacent to an activating group) is 1. The molecule has 1 aromatic carbocycles. The number of benzene rings is 1. The van der Waals surface area contributed by atoms with E-state index in [0.29, 0.717) is 23.6 Å². The molecule has 0 amide bonds. The fourth-order valence-electron chi connectivity index (χ4n) is 4.69. The molecule has 1 N–H and O–H groups in total. The summed E-state index contributed by atoms with van der Waals surface area (Å²) in [5.74, 6) is 3.08. The predicted octanol–water partition coefficient (Wildman–Crippen LogP) is 3.07. The lowest BCUT2D eigenvalue weighted by Crippen LogP contribution is -2.42. The van der Waals surface area contributed by atoms with Crippen LogP contribution < -0.4 is 19.7 Å². The van der Waals surface area contributed by atoms with Crippen molar-refractivity contribution in [1.82, 2.24) is 19.8 Å². The van der Waals surface area contributed by atoms with Gasteiger partial charge in [-0.05, 0) is 52.8 Å². The lowest BCUT2D eigenvalue weighted by Gasteiger charge is -2.35. The Balaban J connectivity index is 1.68. The van der Waals surface area contributed by atoms with Crippen LogP contribution in [0.15, 0.2) is 12.1 Å². The van der Waals surface area contributed by atoms with Crippen LogP contribution in [0.1, 0.15) is 33.1 Å². The molecule has 176 valence electrons. The molecule has 1 aromatic heterocycles. The van der Waals surface area contributed by atoms with Gasteiger partial charge >= 0.3 is 0 Å². The molecular formula is C24H38N6O2. The minimum Gasteiger partial charge on any atom is -0.493 e.